The van der Waals surface area contributed by atoms with Gasteiger partial charge in [0.25, 0.3) is 5.69 Å². The van der Waals surface area contributed by atoms with Crippen LogP contribution in [0.15, 0.2) is 47.7 Å². The van der Waals surface area contributed by atoms with Gasteiger partial charge >= 0.3 is 0 Å². The number of nitro benzene ring substituents is 1. The number of thioether (sulfide) groups is 1. The third-order valence-electron chi connectivity index (χ3n) is 7.33. The number of ketones is 1. The summed E-state index contributed by atoms with van der Waals surface area (Å²) in [5.74, 6) is 0.606. The van der Waals surface area contributed by atoms with Crippen LogP contribution in [0, 0.1) is 16.0 Å². The van der Waals surface area contributed by atoms with Gasteiger partial charge in [0.15, 0.2) is 17.3 Å². The third kappa shape index (κ3) is 5.13. The van der Waals surface area contributed by atoms with E-state index in [2.05, 4.69) is 16.0 Å². The van der Waals surface area contributed by atoms with E-state index in [9.17, 15) is 19.7 Å². The number of rotatable bonds is 8. The van der Waals surface area contributed by atoms with Crippen molar-refractivity contribution in [2.24, 2.45) is 5.92 Å². The Morgan fingerprint density at radius 3 is 2.31 bits per heavy atom. The quantitative estimate of drug-likeness (QED) is 0.329. The summed E-state index contributed by atoms with van der Waals surface area (Å²) in [5.41, 5.74) is 2.75. The Balaban J connectivity index is 1.44. The molecular weight excluding hydrogens is 524 g/mol. The molecule has 1 amide bonds. The Bertz CT molecular complexity index is 1300. The van der Waals surface area contributed by atoms with Crippen molar-refractivity contribution in [2.75, 3.05) is 21.3 Å². The van der Waals surface area contributed by atoms with Gasteiger partial charge in [-0.2, -0.15) is 0 Å². The normalized spacial score (nSPS) is 24.2. The summed E-state index contributed by atoms with van der Waals surface area (Å²) >= 11 is 1.48. The SMILES string of the molecule is COc1cc(C2C3=C(CCCC3=O)NC3NC(SCc4ccc([N+](=O)[O-])cc4)NC(=O)C32)cc(OC)c1OC. The van der Waals surface area contributed by atoms with E-state index in [0.717, 1.165) is 29.7 Å². The molecular formula is C27H30N4O7S. The van der Waals surface area contributed by atoms with Crippen LogP contribution in [0.3, 0.4) is 0 Å². The highest BCUT2D eigenvalue weighted by atomic mass is 32.2. The van der Waals surface area contributed by atoms with E-state index in [0.29, 0.717) is 35.0 Å². The number of carbonyl (C=O) groups excluding carboxylic acids is 2. The van der Waals surface area contributed by atoms with Crippen molar-refractivity contribution >= 4 is 29.1 Å². The van der Waals surface area contributed by atoms with E-state index in [1.54, 1.807) is 12.1 Å². The Kier molecular flexibility index (Phi) is 7.67. The van der Waals surface area contributed by atoms with Crippen LogP contribution in [0.1, 0.15) is 36.3 Å². The van der Waals surface area contributed by atoms with Gasteiger partial charge in [0.05, 0.1) is 38.3 Å². The Morgan fingerprint density at radius 2 is 1.69 bits per heavy atom. The molecule has 1 saturated heterocycles. The molecule has 4 unspecified atom stereocenters. The molecule has 12 heteroatoms. The maximum atomic E-state index is 13.7. The molecule has 2 aliphatic heterocycles. The molecule has 0 spiro atoms. The number of nitro groups is 1. The summed E-state index contributed by atoms with van der Waals surface area (Å²) in [4.78, 5) is 37.4. The number of carbonyl (C=O) groups is 2. The molecule has 206 valence electrons. The van der Waals surface area contributed by atoms with Crippen molar-refractivity contribution in [1.82, 2.24) is 16.0 Å². The molecule has 0 saturated carbocycles. The second-order valence-electron chi connectivity index (χ2n) is 9.54. The van der Waals surface area contributed by atoms with E-state index in [1.165, 1.54) is 45.2 Å². The largest absolute Gasteiger partial charge is 0.493 e. The van der Waals surface area contributed by atoms with Gasteiger partial charge in [0.1, 0.15) is 5.50 Å². The zero-order chi connectivity index (χ0) is 27.7. The van der Waals surface area contributed by atoms with Crippen LogP contribution in [0.25, 0.3) is 0 Å². The maximum absolute atomic E-state index is 13.7. The predicted molar refractivity (Wildman–Crippen MR) is 145 cm³/mol. The average Bonchev–Trinajstić information content (AvgIpc) is 2.94. The van der Waals surface area contributed by atoms with Crippen LogP contribution in [-0.4, -0.2) is 49.6 Å². The molecule has 4 atom stereocenters. The first kappa shape index (κ1) is 26.8. The zero-order valence-electron chi connectivity index (χ0n) is 21.8. The number of nitrogens with one attached hydrogen (secondary N) is 3. The number of benzene rings is 2. The molecule has 1 fully saturated rings. The van der Waals surface area contributed by atoms with E-state index < -0.39 is 28.4 Å². The lowest BCUT2D eigenvalue weighted by atomic mass is 9.70. The van der Waals surface area contributed by atoms with Gasteiger partial charge in [-0.25, -0.2) is 0 Å². The van der Waals surface area contributed by atoms with Gasteiger partial charge in [-0.15, -0.1) is 11.8 Å². The average molecular weight is 555 g/mol. The molecule has 3 N–H and O–H groups in total. The Morgan fingerprint density at radius 1 is 1.00 bits per heavy atom. The summed E-state index contributed by atoms with van der Waals surface area (Å²) in [6.45, 7) is 0. The van der Waals surface area contributed by atoms with Gasteiger partial charge < -0.3 is 24.8 Å². The first-order valence-electron chi connectivity index (χ1n) is 12.6. The van der Waals surface area contributed by atoms with Gasteiger partial charge in [-0.05, 0) is 36.1 Å². The molecule has 0 radical (unpaired) electrons. The van der Waals surface area contributed by atoms with E-state index in [4.69, 9.17) is 14.2 Å². The van der Waals surface area contributed by atoms with Crippen molar-refractivity contribution in [3.05, 3.63) is 68.9 Å². The highest BCUT2D eigenvalue weighted by molar-refractivity contribution is 7.99. The number of nitrogens with zero attached hydrogens (tertiary/aromatic N) is 1. The number of fused-ring (bicyclic) bond motifs is 1. The predicted octanol–water partition coefficient (Wildman–Crippen LogP) is 3.19. The molecule has 2 aromatic rings. The van der Waals surface area contributed by atoms with Crippen molar-refractivity contribution in [1.29, 1.82) is 0 Å². The lowest BCUT2D eigenvalue weighted by Crippen LogP contribution is -2.67. The Labute approximate surface area is 229 Å². The lowest BCUT2D eigenvalue weighted by molar-refractivity contribution is -0.384. The molecule has 0 aromatic heterocycles. The zero-order valence-corrected chi connectivity index (χ0v) is 22.6. The van der Waals surface area contributed by atoms with Crippen LogP contribution in [0.5, 0.6) is 17.2 Å². The molecule has 3 aliphatic rings. The molecule has 1 aliphatic carbocycles. The summed E-state index contributed by atoms with van der Waals surface area (Å²) in [5, 5.41) is 20.9. The van der Waals surface area contributed by atoms with Crippen LogP contribution in [0.2, 0.25) is 0 Å². The second kappa shape index (κ2) is 11.1. The lowest BCUT2D eigenvalue weighted by Gasteiger charge is -2.47. The highest BCUT2D eigenvalue weighted by Gasteiger charge is 2.49. The number of non-ortho nitro benzene ring substituents is 1. The molecule has 2 heterocycles. The fraction of sp³-hybridized carbons (Fsp3) is 0.407. The summed E-state index contributed by atoms with van der Waals surface area (Å²) in [7, 11) is 4.59. The molecule has 5 rings (SSSR count). The van der Waals surface area contributed by atoms with Gasteiger partial charge in [0, 0.05) is 41.5 Å². The highest BCUT2D eigenvalue weighted by Crippen LogP contribution is 2.48. The third-order valence-corrected chi connectivity index (χ3v) is 8.42. The number of amides is 1. The van der Waals surface area contributed by atoms with Crippen LogP contribution < -0.4 is 30.2 Å². The summed E-state index contributed by atoms with van der Waals surface area (Å²) < 4.78 is 16.6. The molecule has 39 heavy (non-hydrogen) atoms. The second-order valence-corrected chi connectivity index (χ2v) is 10.6. The molecule has 2 aromatic carbocycles. The van der Waals surface area contributed by atoms with Crippen LogP contribution in [0.4, 0.5) is 5.69 Å². The number of hydrogen-bond donors (Lipinski definition) is 3. The number of allylic oxidation sites excluding steroid dienone is 2. The minimum absolute atomic E-state index is 0.0309. The Hall–Kier alpha value is -3.77. The number of methoxy groups -OCH3 is 3. The fourth-order valence-electron chi connectivity index (χ4n) is 5.54. The van der Waals surface area contributed by atoms with Crippen molar-refractivity contribution in [3.63, 3.8) is 0 Å². The van der Waals surface area contributed by atoms with E-state index in [1.807, 2.05) is 12.1 Å². The van der Waals surface area contributed by atoms with Gasteiger partial charge in [0.2, 0.25) is 11.7 Å². The van der Waals surface area contributed by atoms with Crippen molar-refractivity contribution < 1.29 is 28.7 Å². The first-order valence-corrected chi connectivity index (χ1v) is 13.6. The molecule has 0 bridgehead atoms. The van der Waals surface area contributed by atoms with Crippen LogP contribution >= 0.6 is 11.8 Å². The van der Waals surface area contributed by atoms with E-state index >= 15 is 0 Å². The minimum Gasteiger partial charge on any atom is -0.493 e. The number of hydrogen-bond acceptors (Lipinski definition) is 10. The maximum Gasteiger partial charge on any atom is 0.269 e. The number of Topliss-reactive ketones (excluding diaryl/α,β-unsaturated/α-hetero) is 1. The van der Waals surface area contributed by atoms with Gasteiger partial charge in [-0.1, -0.05) is 12.1 Å². The first-order chi connectivity index (χ1) is 18.8. The van der Waals surface area contributed by atoms with Gasteiger partial charge in [-0.3, -0.25) is 25.0 Å². The van der Waals surface area contributed by atoms with E-state index in [-0.39, 0.29) is 17.4 Å². The summed E-state index contributed by atoms with van der Waals surface area (Å²) in [6, 6.07) is 9.98. The standard InChI is InChI=1S/C27H30N4O7S/c1-36-19-11-15(12-20(37-2)24(19)38-3)21-22-17(5-4-6-18(22)32)28-25-23(21)26(33)30-27(29-25)39-13-14-7-9-16(10-8-14)31(34)35/h7-12,21,23,25,27-29H,4-6,13H2,1-3H3,(H,30,33). The van der Waals surface area contributed by atoms with Crippen molar-refractivity contribution in [3.8, 4) is 17.2 Å². The topological polar surface area (TPSA) is 141 Å². The van der Waals surface area contributed by atoms with Crippen LogP contribution in [-0.2, 0) is 15.3 Å². The minimum atomic E-state index is -0.607. The van der Waals surface area contributed by atoms with Crippen molar-refractivity contribution in [2.45, 2.75) is 42.6 Å². The smallest absolute Gasteiger partial charge is 0.269 e. The monoisotopic (exact) mass is 554 g/mol. The molecule has 11 nitrogen and oxygen atoms in total. The number of ether oxygens (including phenoxy) is 3. The fourth-order valence-corrected chi connectivity index (χ4v) is 6.53. The summed E-state index contributed by atoms with van der Waals surface area (Å²) in [6.07, 6.45) is 1.48.